The van der Waals surface area contributed by atoms with Gasteiger partial charge in [-0.05, 0) is 47.8 Å². The molecule has 1 N–H and O–H groups in total. The molecule has 4 rings (SSSR count). The Morgan fingerprint density at radius 3 is 2.65 bits per heavy atom. The molecule has 0 spiro atoms. The summed E-state index contributed by atoms with van der Waals surface area (Å²) in [5.74, 6) is 0.172. The number of amides is 1. The van der Waals surface area contributed by atoms with Crippen LogP contribution in [0.5, 0.6) is 5.88 Å². The molecule has 1 fully saturated rings. The van der Waals surface area contributed by atoms with Crippen molar-refractivity contribution < 1.29 is 14.2 Å². The van der Waals surface area contributed by atoms with E-state index in [9.17, 15) is 4.79 Å². The number of carbonyl (C=O) groups excluding carboxylic acids is 1. The second kappa shape index (κ2) is 6.99. The van der Waals surface area contributed by atoms with Gasteiger partial charge in [0.2, 0.25) is 5.88 Å². The molecule has 26 heavy (non-hydrogen) atoms. The second-order valence-electron chi connectivity index (χ2n) is 6.18. The lowest BCUT2D eigenvalue weighted by molar-refractivity contribution is 0.102. The lowest BCUT2D eigenvalue weighted by atomic mass is 10.1. The summed E-state index contributed by atoms with van der Waals surface area (Å²) in [5, 5.41) is 10.9. The van der Waals surface area contributed by atoms with Crippen LogP contribution in [-0.4, -0.2) is 41.4 Å². The standard InChI is InChI=1S/C18H19N5O3/c1-25-15-8-5-12(11-19-15)18(24)20-13-6-7-14(17-16(13)21-26-22-17)23-9-3-2-4-10-23/h5-8,11H,2-4,9-10H2,1H3,(H,20,24). The highest BCUT2D eigenvalue weighted by Gasteiger charge is 2.19. The minimum Gasteiger partial charge on any atom is -0.481 e. The number of ether oxygens (including phenoxy) is 1. The van der Waals surface area contributed by atoms with Crippen LogP contribution in [0.2, 0.25) is 0 Å². The predicted octanol–water partition coefficient (Wildman–Crippen LogP) is 2.87. The molecule has 0 bridgehead atoms. The summed E-state index contributed by atoms with van der Waals surface area (Å²) in [6.07, 6.45) is 5.04. The van der Waals surface area contributed by atoms with E-state index in [1.165, 1.54) is 19.7 Å². The molecular formula is C18H19N5O3. The van der Waals surface area contributed by atoms with E-state index >= 15 is 0 Å². The first-order chi connectivity index (χ1) is 12.8. The summed E-state index contributed by atoms with van der Waals surface area (Å²) >= 11 is 0. The van der Waals surface area contributed by atoms with Crippen LogP contribution in [0.25, 0.3) is 11.0 Å². The first-order valence-corrected chi connectivity index (χ1v) is 8.58. The number of piperidine rings is 1. The smallest absolute Gasteiger partial charge is 0.257 e. The van der Waals surface area contributed by atoms with E-state index < -0.39 is 0 Å². The number of pyridine rings is 1. The van der Waals surface area contributed by atoms with E-state index in [-0.39, 0.29) is 5.91 Å². The van der Waals surface area contributed by atoms with Crippen molar-refractivity contribution in [3.63, 3.8) is 0 Å². The van der Waals surface area contributed by atoms with Gasteiger partial charge in [0.05, 0.1) is 24.0 Å². The average molecular weight is 353 g/mol. The topological polar surface area (TPSA) is 93.4 Å². The average Bonchev–Trinajstić information content (AvgIpc) is 3.19. The zero-order valence-electron chi connectivity index (χ0n) is 14.4. The quantitative estimate of drug-likeness (QED) is 0.771. The highest BCUT2D eigenvalue weighted by molar-refractivity contribution is 6.09. The predicted molar refractivity (Wildman–Crippen MR) is 96.6 cm³/mol. The maximum atomic E-state index is 12.5. The van der Waals surface area contributed by atoms with Crippen LogP contribution < -0.4 is 15.0 Å². The van der Waals surface area contributed by atoms with Gasteiger partial charge in [-0.15, -0.1) is 0 Å². The monoisotopic (exact) mass is 353 g/mol. The summed E-state index contributed by atoms with van der Waals surface area (Å²) in [5.41, 5.74) is 3.18. The maximum Gasteiger partial charge on any atom is 0.257 e. The first-order valence-electron chi connectivity index (χ1n) is 8.58. The number of aromatic nitrogens is 3. The van der Waals surface area contributed by atoms with Gasteiger partial charge in [-0.2, -0.15) is 0 Å². The second-order valence-corrected chi connectivity index (χ2v) is 6.18. The molecule has 3 heterocycles. The third-order valence-corrected chi connectivity index (χ3v) is 4.55. The van der Waals surface area contributed by atoms with Crippen molar-refractivity contribution in [1.29, 1.82) is 0 Å². The number of fused-ring (bicyclic) bond motifs is 1. The molecule has 1 aliphatic rings. The molecule has 0 saturated carbocycles. The first kappa shape index (κ1) is 16.3. The van der Waals surface area contributed by atoms with Crippen molar-refractivity contribution in [2.45, 2.75) is 19.3 Å². The third kappa shape index (κ3) is 3.05. The molecule has 1 saturated heterocycles. The normalized spacial score (nSPS) is 14.4. The van der Waals surface area contributed by atoms with E-state index in [2.05, 4.69) is 25.5 Å². The Kier molecular flexibility index (Phi) is 4.39. The van der Waals surface area contributed by atoms with Gasteiger partial charge in [-0.25, -0.2) is 9.61 Å². The Balaban J connectivity index is 1.60. The largest absolute Gasteiger partial charge is 0.481 e. The fraction of sp³-hybridized carbons (Fsp3) is 0.333. The highest BCUT2D eigenvalue weighted by Crippen LogP contribution is 2.31. The van der Waals surface area contributed by atoms with Crippen LogP contribution in [-0.2, 0) is 0 Å². The van der Waals surface area contributed by atoms with Crippen molar-refractivity contribution in [2.24, 2.45) is 0 Å². The van der Waals surface area contributed by atoms with Crippen molar-refractivity contribution in [3.8, 4) is 5.88 Å². The number of nitrogens with one attached hydrogen (secondary N) is 1. The number of nitrogens with zero attached hydrogens (tertiary/aromatic N) is 4. The van der Waals surface area contributed by atoms with Crippen LogP contribution in [0, 0.1) is 0 Å². The van der Waals surface area contributed by atoms with Gasteiger partial charge in [0, 0.05) is 25.4 Å². The lowest BCUT2D eigenvalue weighted by Crippen LogP contribution is -2.29. The van der Waals surface area contributed by atoms with Crippen molar-refractivity contribution in [2.75, 3.05) is 30.4 Å². The summed E-state index contributed by atoms with van der Waals surface area (Å²) in [7, 11) is 1.53. The molecular weight excluding hydrogens is 334 g/mol. The van der Waals surface area contributed by atoms with Crippen LogP contribution >= 0.6 is 0 Å². The molecule has 0 aliphatic carbocycles. The van der Waals surface area contributed by atoms with Crippen LogP contribution in [0.1, 0.15) is 29.6 Å². The van der Waals surface area contributed by atoms with E-state index in [0.717, 1.165) is 31.6 Å². The van der Waals surface area contributed by atoms with E-state index in [1.54, 1.807) is 12.1 Å². The van der Waals surface area contributed by atoms with Gasteiger partial charge in [-0.1, -0.05) is 0 Å². The van der Waals surface area contributed by atoms with Gasteiger partial charge in [0.15, 0.2) is 11.0 Å². The zero-order chi connectivity index (χ0) is 17.9. The van der Waals surface area contributed by atoms with E-state index in [0.29, 0.717) is 28.2 Å². The number of benzene rings is 1. The van der Waals surface area contributed by atoms with E-state index in [4.69, 9.17) is 9.37 Å². The molecule has 1 aliphatic heterocycles. The summed E-state index contributed by atoms with van der Waals surface area (Å²) in [6, 6.07) is 7.09. The number of hydrogen-bond acceptors (Lipinski definition) is 7. The van der Waals surface area contributed by atoms with Gasteiger partial charge in [0.1, 0.15) is 0 Å². The van der Waals surface area contributed by atoms with Gasteiger partial charge < -0.3 is 15.0 Å². The fourth-order valence-corrected chi connectivity index (χ4v) is 3.17. The summed E-state index contributed by atoms with van der Waals surface area (Å²) in [4.78, 5) is 18.8. The number of rotatable bonds is 4. The van der Waals surface area contributed by atoms with Crippen LogP contribution in [0.4, 0.5) is 11.4 Å². The molecule has 8 nitrogen and oxygen atoms in total. The number of hydrogen-bond donors (Lipinski definition) is 1. The van der Waals surface area contributed by atoms with Crippen molar-refractivity contribution >= 4 is 28.3 Å². The van der Waals surface area contributed by atoms with E-state index in [1.807, 2.05) is 12.1 Å². The Hall–Kier alpha value is -3.16. The molecule has 2 aromatic heterocycles. The lowest BCUT2D eigenvalue weighted by Gasteiger charge is -2.28. The molecule has 0 unspecified atom stereocenters. The SMILES string of the molecule is COc1ccc(C(=O)Nc2ccc(N3CCCCC3)c3nonc23)cn1. The zero-order valence-corrected chi connectivity index (χ0v) is 14.4. The third-order valence-electron chi connectivity index (χ3n) is 4.55. The molecule has 0 atom stereocenters. The molecule has 1 amide bonds. The van der Waals surface area contributed by atoms with Gasteiger partial charge in [0.25, 0.3) is 5.91 Å². The maximum absolute atomic E-state index is 12.5. The number of carbonyl (C=O) groups is 1. The Labute approximate surface area is 150 Å². The Bertz CT molecular complexity index is 916. The number of anilines is 2. The molecule has 134 valence electrons. The summed E-state index contributed by atoms with van der Waals surface area (Å²) < 4.78 is 9.95. The number of methoxy groups -OCH3 is 1. The van der Waals surface area contributed by atoms with Gasteiger partial charge in [-0.3, -0.25) is 4.79 Å². The molecule has 8 heteroatoms. The molecule has 0 radical (unpaired) electrons. The van der Waals surface area contributed by atoms with Gasteiger partial charge >= 0.3 is 0 Å². The molecule has 3 aromatic rings. The fourth-order valence-electron chi connectivity index (χ4n) is 3.17. The van der Waals surface area contributed by atoms with Crippen LogP contribution in [0.15, 0.2) is 35.1 Å². The molecule has 1 aromatic carbocycles. The Morgan fingerprint density at radius 1 is 1.12 bits per heavy atom. The van der Waals surface area contributed by atoms with Crippen molar-refractivity contribution in [1.82, 2.24) is 15.3 Å². The Morgan fingerprint density at radius 2 is 1.92 bits per heavy atom. The highest BCUT2D eigenvalue weighted by atomic mass is 16.6. The minimum absolute atomic E-state index is 0.282. The van der Waals surface area contributed by atoms with Crippen LogP contribution in [0.3, 0.4) is 0 Å². The minimum atomic E-state index is -0.282. The van der Waals surface area contributed by atoms with Crippen molar-refractivity contribution in [3.05, 3.63) is 36.0 Å². The summed E-state index contributed by atoms with van der Waals surface area (Å²) in [6.45, 7) is 1.98.